The number of nitrogens with zero attached hydrogens (tertiary/aromatic N) is 1. The van der Waals surface area contributed by atoms with Gasteiger partial charge in [-0.15, -0.1) is 0 Å². The highest BCUT2D eigenvalue weighted by Gasteiger charge is 2.14. The van der Waals surface area contributed by atoms with E-state index in [1.807, 2.05) is 0 Å². The van der Waals surface area contributed by atoms with Crippen molar-refractivity contribution in [2.24, 2.45) is 0 Å². The maximum absolute atomic E-state index is 5.78. The van der Waals surface area contributed by atoms with Crippen LogP contribution in [-0.4, -0.2) is 24.2 Å². The Bertz CT molecular complexity index is 367. The van der Waals surface area contributed by atoms with E-state index in [0.717, 1.165) is 6.54 Å². The predicted octanol–water partition coefficient (Wildman–Crippen LogP) is 2.69. The topological polar surface area (TPSA) is 60.2 Å². The van der Waals surface area contributed by atoms with Gasteiger partial charge in [0.15, 0.2) is 0 Å². The molecule has 1 aromatic heterocycles. The van der Waals surface area contributed by atoms with Crippen LogP contribution in [0.5, 0.6) is 0 Å². The molecule has 0 unspecified atom stereocenters. The van der Waals surface area contributed by atoms with Crippen molar-refractivity contribution in [2.45, 2.75) is 31.8 Å². The van der Waals surface area contributed by atoms with Gasteiger partial charge in [-0.1, -0.05) is 24.4 Å². The third-order valence-electron chi connectivity index (χ3n) is 2.93. The normalized spacial score (nSPS) is 16.3. The van der Waals surface area contributed by atoms with Crippen molar-refractivity contribution in [3.05, 3.63) is 17.3 Å². The average molecular weight is 256 g/mol. The van der Waals surface area contributed by atoms with Crippen molar-refractivity contribution in [1.82, 2.24) is 4.98 Å². The highest BCUT2D eigenvalue weighted by molar-refractivity contribution is 6.30. The van der Waals surface area contributed by atoms with Crippen molar-refractivity contribution in [3.8, 4) is 0 Å². The van der Waals surface area contributed by atoms with Crippen LogP contribution < -0.4 is 11.1 Å². The summed E-state index contributed by atoms with van der Waals surface area (Å²) in [6.45, 7) is 1.41. The van der Waals surface area contributed by atoms with Gasteiger partial charge in [-0.2, -0.15) is 0 Å². The number of rotatable bonds is 5. The van der Waals surface area contributed by atoms with Crippen LogP contribution in [-0.2, 0) is 4.74 Å². The quantitative estimate of drug-likeness (QED) is 0.795. The molecule has 0 radical (unpaired) electrons. The van der Waals surface area contributed by atoms with Crippen LogP contribution in [0.1, 0.15) is 25.7 Å². The van der Waals surface area contributed by atoms with E-state index in [1.165, 1.54) is 25.7 Å². The molecule has 1 aromatic rings. The number of halogens is 1. The maximum atomic E-state index is 5.78. The standard InChI is InChI=1S/C12H18ClN3O/c13-9-7-11(14)12(16-8-9)15-5-6-17-10-3-1-2-4-10/h7-8,10H,1-6,14H2,(H,15,16). The van der Waals surface area contributed by atoms with Crippen molar-refractivity contribution in [3.63, 3.8) is 0 Å². The molecule has 1 aliphatic rings. The highest BCUT2D eigenvalue weighted by Crippen LogP contribution is 2.21. The molecule has 0 atom stereocenters. The second-order valence-electron chi connectivity index (χ2n) is 4.30. The lowest BCUT2D eigenvalue weighted by atomic mass is 10.3. The molecule has 1 saturated carbocycles. The Morgan fingerprint density at radius 2 is 2.24 bits per heavy atom. The minimum absolute atomic E-state index is 0.451. The van der Waals surface area contributed by atoms with Crippen molar-refractivity contribution < 1.29 is 4.74 Å². The summed E-state index contributed by atoms with van der Waals surface area (Å²) >= 11 is 5.77. The van der Waals surface area contributed by atoms with Crippen LogP contribution >= 0.6 is 11.6 Å². The molecule has 0 aromatic carbocycles. The summed E-state index contributed by atoms with van der Waals surface area (Å²) in [6, 6.07) is 1.69. The summed E-state index contributed by atoms with van der Waals surface area (Å²) in [4.78, 5) is 4.12. The van der Waals surface area contributed by atoms with E-state index >= 15 is 0 Å². The molecule has 1 fully saturated rings. The Morgan fingerprint density at radius 3 is 2.94 bits per heavy atom. The molecule has 1 heterocycles. The first kappa shape index (κ1) is 12.5. The van der Waals surface area contributed by atoms with E-state index in [2.05, 4.69) is 10.3 Å². The smallest absolute Gasteiger partial charge is 0.149 e. The monoisotopic (exact) mass is 255 g/mol. The first-order valence-electron chi connectivity index (χ1n) is 6.02. The fraction of sp³-hybridized carbons (Fsp3) is 0.583. The minimum atomic E-state index is 0.451. The molecule has 0 amide bonds. The fourth-order valence-electron chi connectivity index (χ4n) is 2.05. The van der Waals surface area contributed by atoms with E-state index in [-0.39, 0.29) is 0 Å². The summed E-state index contributed by atoms with van der Waals surface area (Å²) in [7, 11) is 0. The molecule has 1 aliphatic carbocycles. The molecular formula is C12H18ClN3O. The van der Waals surface area contributed by atoms with E-state index in [9.17, 15) is 0 Å². The highest BCUT2D eigenvalue weighted by atomic mass is 35.5. The molecule has 0 saturated heterocycles. The van der Waals surface area contributed by atoms with Gasteiger partial charge < -0.3 is 15.8 Å². The van der Waals surface area contributed by atoms with Gasteiger partial charge in [0.25, 0.3) is 0 Å². The van der Waals surface area contributed by atoms with Crippen molar-refractivity contribution in [1.29, 1.82) is 0 Å². The molecule has 0 aliphatic heterocycles. The summed E-state index contributed by atoms with van der Waals surface area (Å²) < 4.78 is 5.73. The summed E-state index contributed by atoms with van der Waals surface area (Å²) in [5.41, 5.74) is 6.34. The maximum Gasteiger partial charge on any atom is 0.149 e. The number of hydrogen-bond acceptors (Lipinski definition) is 4. The lowest BCUT2D eigenvalue weighted by Gasteiger charge is -2.12. The summed E-state index contributed by atoms with van der Waals surface area (Å²) in [5, 5.41) is 3.70. The SMILES string of the molecule is Nc1cc(Cl)cnc1NCCOC1CCCC1. The summed E-state index contributed by atoms with van der Waals surface area (Å²) in [6.07, 6.45) is 7.02. The third-order valence-corrected chi connectivity index (χ3v) is 3.14. The van der Waals surface area contributed by atoms with Gasteiger partial charge in [0, 0.05) is 12.7 Å². The molecule has 3 N–H and O–H groups in total. The van der Waals surface area contributed by atoms with Gasteiger partial charge in [-0.25, -0.2) is 4.98 Å². The average Bonchev–Trinajstić information content (AvgIpc) is 2.79. The Kier molecular flexibility index (Phi) is 4.45. The van der Waals surface area contributed by atoms with Crippen LogP contribution in [0, 0.1) is 0 Å². The largest absolute Gasteiger partial charge is 0.396 e. The summed E-state index contributed by atoms with van der Waals surface area (Å²) in [5.74, 6) is 0.671. The third kappa shape index (κ3) is 3.75. The fourth-order valence-corrected chi connectivity index (χ4v) is 2.22. The first-order valence-corrected chi connectivity index (χ1v) is 6.40. The molecule has 5 heteroatoms. The van der Waals surface area contributed by atoms with Crippen molar-refractivity contribution in [2.75, 3.05) is 24.2 Å². The number of aromatic nitrogens is 1. The van der Waals surface area contributed by atoms with Gasteiger partial charge in [-0.3, -0.25) is 0 Å². The van der Waals surface area contributed by atoms with Gasteiger partial charge in [0.05, 0.1) is 23.4 Å². The second kappa shape index (κ2) is 6.07. The zero-order valence-corrected chi connectivity index (χ0v) is 10.5. The van der Waals surface area contributed by atoms with Crippen molar-refractivity contribution >= 4 is 23.1 Å². The van der Waals surface area contributed by atoms with Crippen LogP contribution in [0.15, 0.2) is 12.3 Å². The molecule has 2 rings (SSSR count). The van der Waals surface area contributed by atoms with E-state index in [0.29, 0.717) is 29.2 Å². The Hall–Kier alpha value is -1.00. The van der Waals surface area contributed by atoms with Gasteiger partial charge in [-0.05, 0) is 18.9 Å². The molecule has 0 spiro atoms. The zero-order valence-electron chi connectivity index (χ0n) is 9.79. The molecule has 94 valence electrons. The second-order valence-corrected chi connectivity index (χ2v) is 4.73. The Labute approximate surface area is 107 Å². The van der Waals surface area contributed by atoms with Gasteiger partial charge >= 0.3 is 0 Å². The number of ether oxygens (including phenoxy) is 1. The number of nitrogen functional groups attached to an aromatic ring is 1. The lowest BCUT2D eigenvalue weighted by molar-refractivity contribution is 0.0659. The number of nitrogens with one attached hydrogen (secondary N) is 1. The van der Waals surface area contributed by atoms with Gasteiger partial charge in [0.2, 0.25) is 0 Å². The first-order chi connectivity index (χ1) is 8.25. The van der Waals surface area contributed by atoms with Gasteiger partial charge in [0.1, 0.15) is 5.82 Å². The van der Waals surface area contributed by atoms with Crippen LogP contribution in [0.25, 0.3) is 0 Å². The zero-order chi connectivity index (χ0) is 12.1. The lowest BCUT2D eigenvalue weighted by Crippen LogP contribution is -2.16. The number of pyridine rings is 1. The minimum Gasteiger partial charge on any atom is -0.396 e. The van der Waals surface area contributed by atoms with Crippen LogP contribution in [0.2, 0.25) is 5.02 Å². The number of anilines is 2. The number of hydrogen-bond donors (Lipinski definition) is 2. The molecule has 0 bridgehead atoms. The Morgan fingerprint density at radius 1 is 1.47 bits per heavy atom. The van der Waals surface area contributed by atoms with Crippen LogP contribution in [0.3, 0.4) is 0 Å². The van der Waals surface area contributed by atoms with E-state index < -0.39 is 0 Å². The van der Waals surface area contributed by atoms with E-state index in [1.54, 1.807) is 12.3 Å². The van der Waals surface area contributed by atoms with Crippen LogP contribution in [0.4, 0.5) is 11.5 Å². The predicted molar refractivity (Wildman–Crippen MR) is 70.4 cm³/mol. The molecule has 4 nitrogen and oxygen atoms in total. The van der Waals surface area contributed by atoms with E-state index in [4.69, 9.17) is 22.1 Å². The molecular weight excluding hydrogens is 238 g/mol. The Balaban J connectivity index is 1.70. The molecule has 17 heavy (non-hydrogen) atoms. The number of nitrogens with two attached hydrogens (primary N) is 1.